The number of benzene rings is 1. The summed E-state index contributed by atoms with van der Waals surface area (Å²) in [4.78, 5) is 0. The molecule has 0 aliphatic rings. The van der Waals surface area contributed by atoms with Gasteiger partial charge in [0.25, 0.3) is 0 Å². The minimum absolute atomic E-state index is 0.0774. The summed E-state index contributed by atoms with van der Waals surface area (Å²) >= 11 is 0. The van der Waals surface area contributed by atoms with Crippen LogP contribution in [0.25, 0.3) is 0 Å². The van der Waals surface area contributed by atoms with Crippen LogP contribution in [0.15, 0.2) is 18.2 Å². The van der Waals surface area contributed by atoms with Crippen LogP contribution in [0.4, 0.5) is 8.78 Å². The average Bonchev–Trinajstić information content (AvgIpc) is 2.34. The summed E-state index contributed by atoms with van der Waals surface area (Å²) in [6, 6.07) is 3.32. The number of hydrogen-bond acceptors (Lipinski definition) is 2. The van der Waals surface area contributed by atoms with E-state index in [9.17, 15) is 8.78 Å². The van der Waals surface area contributed by atoms with Crippen LogP contribution in [-0.4, -0.2) is 18.3 Å². The van der Waals surface area contributed by atoms with Crippen molar-refractivity contribution in [3.8, 4) is 0 Å². The van der Waals surface area contributed by atoms with E-state index < -0.39 is 5.82 Å². The lowest BCUT2D eigenvalue weighted by atomic mass is 9.89. The van der Waals surface area contributed by atoms with Crippen molar-refractivity contribution in [2.24, 2.45) is 5.41 Å². The third kappa shape index (κ3) is 4.88. The summed E-state index contributed by atoms with van der Waals surface area (Å²) in [5.74, 6) is -0.813. The van der Waals surface area contributed by atoms with Crippen molar-refractivity contribution in [1.29, 1.82) is 0 Å². The summed E-state index contributed by atoms with van der Waals surface area (Å²) in [6.45, 7) is 6.76. The van der Waals surface area contributed by atoms with Gasteiger partial charge in [-0.15, -0.1) is 0 Å². The minimum Gasteiger partial charge on any atom is -0.396 e. The molecule has 0 saturated heterocycles. The molecule has 1 rings (SSSR count). The summed E-state index contributed by atoms with van der Waals surface area (Å²) in [5, 5.41) is 12.2. The van der Waals surface area contributed by atoms with E-state index in [0.29, 0.717) is 24.9 Å². The van der Waals surface area contributed by atoms with Gasteiger partial charge in [-0.3, -0.25) is 0 Å². The second-order valence-electron chi connectivity index (χ2n) is 5.65. The van der Waals surface area contributed by atoms with Gasteiger partial charge in [-0.25, -0.2) is 8.78 Å². The lowest BCUT2D eigenvalue weighted by molar-refractivity contribution is 0.202. The zero-order valence-corrected chi connectivity index (χ0v) is 11.8. The van der Waals surface area contributed by atoms with Crippen LogP contribution in [0.3, 0.4) is 0 Å². The summed E-state index contributed by atoms with van der Waals surface area (Å²) < 4.78 is 26.9. The van der Waals surface area contributed by atoms with Crippen LogP contribution in [0.2, 0.25) is 0 Å². The van der Waals surface area contributed by atoms with Gasteiger partial charge in [0.1, 0.15) is 11.6 Å². The smallest absolute Gasteiger partial charge is 0.128 e. The first-order valence-corrected chi connectivity index (χ1v) is 6.69. The largest absolute Gasteiger partial charge is 0.396 e. The third-order valence-corrected chi connectivity index (χ3v) is 3.36. The Kier molecular flexibility index (Phi) is 5.88. The molecular weight excluding hydrogens is 248 g/mol. The molecule has 0 aliphatic carbocycles. The molecule has 0 aromatic heterocycles. The van der Waals surface area contributed by atoms with Crippen LogP contribution in [0.1, 0.15) is 45.2 Å². The molecule has 1 unspecified atom stereocenters. The molecule has 1 aromatic carbocycles. The predicted molar refractivity (Wildman–Crippen MR) is 72.9 cm³/mol. The fraction of sp³-hybridized carbons (Fsp3) is 0.600. The molecule has 0 aliphatic heterocycles. The van der Waals surface area contributed by atoms with Gasteiger partial charge in [-0.05, 0) is 36.5 Å². The van der Waals surface area contributed by atoms with Crippen LogP contribution in [-0.2, 0) is 0 Å². The Morgan fingerprint density at radius 2 is 2.00 bits per heavy atom. The maximum Gasteiger partial charge on any atom is 0.128 e. The fourth-order valence-electron chi connectivity index (χ4n) is 2.05. The van der Waals surface area contributed by atoms with E-state index in [1.807, 2.05) is 20.8 Å². The Hall–Kier alpha value is -1.00. The molecule has 0 fully saturated rings. The van der Waals surface area contributed by atoms with Crippen LogP contribution in [0, 0.1) is 17.0 Å². The minimum atomic E-state index is -0.425. The maximum atomic E-state index is 13.7. The van der Waals surface area contributed by atoms with Gasteiger partial charge < -0.3 is 10.4 Å². The Labute approximate surface area is 113 Å². The number of aliphatic hydroxyl groups excluding tert-OH is 1. The maximum absolute atomic E-state index is 13.7. The molecule has 0 radical (unpaired) electrons. The SMILES string of the molecule is CCC(NCC(C)(C)CCO)c1cc(F)ccc1F. The van der Waals surface area contributed by atoms with Crippen molar-refractivity contribution in [3.63, 3.8) is 0 Å². The third-order valence-electron chi connectivity index (χ3n) is 3.36. The standard InChI is InChI=1S/C15H23F2NO/c1-4-14(18-10-15(2,3)7-8-19)12-9-11(16)5-6-13(12)17/h5-6,9,14,18-19H,4,7-8,10H2,1-3H3. The van der Waals surface area contributed by atoms with E-state index in [1.54, 1.807) is 0 Å². The van der Waals surface area contributed by atoms with Gasteiger partial charge in [-0.1, -0.05) is 20.8 Å². The van der Waals surface area contributed by atoms with Crippen LogP contribution < -0.4 is 5.32 Å². The number of aliphatic hydroxyl groups is 1. The van der Waals surface area contributed by atoms with E-state index in [1.165, 1.54) is 6.07 Å². The van der Waals surface area contributed by atoms with Crippen LogP contribution in [0.5, 0.6) is 0 Å². The molecular formula is C15H23F2NO. The lowest BCUT2D eigenvalue weighted by Gasteiger charge is -2.28. The number of nitrogens with one attached hydrogen (secondary N) is 1. The van der Waals surface area contributed by atoms with E-state index in [0.717, 1.165) is 12.1 Å². The molecule has 2 nitrogen and oxygen atoms in total. The molecule has 0 spiro atoms. The second kappa shape index (κ2) is 6.96. The zero-order chi connectivity index (χ0) is 14.5. The fourth-order valence-corrected chi connectivity index (χ4v) is 2.05. The summed E-state index contributed by atoms with van der Waals surface area (Å²) in [7, 11) is 0. The number of hydrogen-bond donors (Lipinski definition) is 2. The topological polar surface area (TPSA) is 32.3 Å². The summed E-state index contributed by atoms with van der Waals surface area (Å²) in [5.41, 5.74) is 0.286. The highest BCUT2D eigenvalue weighted by Crippen LogP contribution is 2.24. The highest BCUT2D eigenvalue weighted by molar-refractivity contribution is 5.22. The Morgan fingerprint density at radius 1 is 1.32 bits per heavy atom. The second-order valence-corrected chi connectivity index (χ2v) is 5.65. The van der Waals surface area contributed by atoms with Gasteiger partial charge in [0, 0.05) is 24.8 Å². The van der Waals surface area contributed by atoms with Crippen molar-refractivity contribution in [2.75, 3.05) is 13.2 Å². The van der Waals surface area contributed by atoms with E-state index >= 15 is 0 Å². The Morgan fingerprint density at radius 3 is 2.58 bits per heavy atom. The zero-order valence-electron chi connectivity index (χ0n) is 11.8. The highest BCUT2D eigenvalue weighted by atomic mass is 19.1. The Balaban J connectivity index is 2.76. The van der Waals surface area contributed by atoms with Crippen molar-refractivity contribution in [1.82, 2.24) is 5.32 Å². The first-order valence-electron chi connectivity index (χ1n) is 6.69. The van der Waals surface area contributed by atoms with Crippen molar-refractivity contribution in [3.05, 3.63) is 35.4 Å². The first-order chi connectivity index (χ1) is 8.89. The van der Waals surface area contributed by atoms with Gasteiger partial charge >= 0.3 is 0 Å². The van der Waals surface area contributed by atoms with Gasteiger partial charge in [0.15, 0.2) is 0 Å². The van der Waals surface area contributed by atoms with E-state index in [-0.39, 0.29) is 23.9 Å². The molecule has 0 bridgehead atoms. The molecule has 0 saturated carbocycles. The number of rotatable bonds is 7. The van der Waals surface area contributed by atoms with Gasteiger partial charge in [0.2, 0.25) is 0 Å². The molecule has 1 aromatic rings. The summed E-state index contributed by atoms with van der Waals surface area (Å²) in [6.07, 6.45) is 1.34. The molecule has 1 atom stereocenters. The molecule has 4 heteroatoms. The van der Waals surface area contributed by atoms with Gasteiger partial charge in [0.05, 0.1) is 0 Å². The monoisotopic (exact) mass is 271 g/mol. The average molecular weight is 271 g/mol. The Bertz CT molecular complexity index is 407. The molecule has 19 heavy (non-hydrogen) atoms. The predicted octanol–water partition coefficient (Wildman–Crippen LogP) is 3.41. The molecule has 2 N–H and O–H groups in total. The first kappa shape index (κ1) is 16.1. The highest BCUT2D eigenvalue weighted by Gasteiger charge is 2.21. The normalized spacial score (nSPS) is 13.6. The van der Waals surface area contributed by atoms with Crippen molar-refractivity contribution in [2.45, 2.75) is 39.7 Å². The quantitative estimate of drug-likeness (QED) is 0.796. The van der Waals surface area contributed by atoms with Gasteiger partial charge in [-0.2, -0.15) is 0 Å². The molecule has 0 heterocycles. The number of halogens is 2. The van der Waals surface area contributed by atoms with E-state index in [4.69, 9.17) is 5.11 Å². The molecule has 108 valence electrons. The van der Waals surface area contributed by atoms with Crippen LogP contribution >= 0.6 is 0 Å². The lowest BCUT2D eigenvalue weighted by Crippen LogP contribution is -2.33. The van der Waals surface area contributed by atoms with Crippen molar-refractivity contribution >= 4 is 0 Å². The molecule has 0 amide bonds. The van der Waals surface area contributed by atoms with Crippen molar-refractivity contribution < 1.29 is 13.9 Å². The van der Waals surface area contributed by atoms with E-state index in [2.05, 4.69) is 5.32 Å².